The first-order valence-corrected chi connectivity index (χ1v) is 8.99. The van der Waals surface area contributed by atoms with Crippen LogP contribution in [0.15, 0.2) is 53.3 Å². The van der Waals surface area contributed by atoms with Crippen LogP contribution in [-0.2, 0) is 4.79 Å². The highest BCUT2D eigenvalue weighted by Crippen LogP contribution is 2.50. The van der Waals surface area contributed by atoms with Crippen LogP contribution in [0, 0.1) is 5.92 Å². The van der Waals surface area contributed by atoms with Crippen LogP contribution in [-0.4, -0.2) is 22.3 Å². The van der Waals surface area contributed by atoms with Gasteiger partial charge in [-0.2, -0.15) is 0 Å². The van der Waals surface area contributed by atoms with Gasteiger partial charge in [0.05, 0.1) is 6.04 Å². The second kappa shape index (κ2) is 6.08. The summed E-state index contributed by atoms with van der Waals surface area (Å²) in [5, 5.41) is 0. The van der Waals surface area contributed by atoms with E-state index >= 15 is 0 Å². The zero-order chi connectivity index (χ0) is 15.8. The van der Waals surface area contributed by atoms with Gasteiger partial charge in [-0.05, 0) is 60.6 Å². The van der Waals surface area contributed by atoms with Crippen LogP contribution in [0.25, 0.3) is 0 Å². The molecule has 118 valence electrons. The Balaban J connectivity index is 1.49. The number of pyridine rings is 1. The maximum Gasteiger partial charge on any atom is 0.226 e. The van der Waals surface area contributed by atoms with Crippen molar-refractivity contribution >= 4 is 21.8 Å². The van der Waals surface area contributed by atoms with Crippen LogP contribution in [0.3, 0.4) is 0 Å². The number of hydrogen-bond donors (Lipinski definition) is 0. The molecule has 1 saturated carbocycles. The van der Waals surface area contributed by atoms with Gasteiger partial charge in [0, 0.05) is 29.3 Å². The Bertz CT molecular complexity index is 718. The number of hydrogen-bond acceptors (Lipinski definition) is 2. The van der Waals surface area contributed by atoms with Gasteiger partial charge in [-0.3, -0.25) is 9.78 Å². The molecular formula is C19H19BrN2O. The zero-order valence-electron chi connectivity index (χ0n) is 12.9. The average molecular weight is 371 g/mol. The molecule has 3 atom stereocenters. The molecule has 0 N–H and O–H groups in total. The predicted molar refractivity (Wildman–Crippen MR) is 92.9 cm³/mol. The Hall–Kier alpha value is -1.68. The molecule has 1 aliphatic carbocycles. The van der Waals surface area contributed by atoms with E-state index in [1.807, 2.05) is 30.6 Å². The minimum atomic E-state index is 0.159. The molecule has 23 heavy (non-hydrogen) atoms. The summed E-state index contributed by atoms with van der Waals surface area (Å²) in [4.78, 5) is 19.1. The van der Waals surface area contributed by atoms with Crippen molar-refractivity contribution in [1.82, 2.24) is 9.88 Å². The molecule has 1 saturated heterocycles. The van der Waals surface area contributed by atoms with Gasteiger partial charge >= 0.3 is 0 Å². The van der Waals surface area contributed by atoms with Crippen molar-refractivity contribution in [1.29, 1.82) is 0 Å². The first kappa shape index (κ1) is 14.9. The van der Waals surface area contributed by atoms with Gasteiger partial charge in [-0.15, -0.1) is 0 Å². The molecule has 2 heterocycles. The molecule has 1 aromatic heterocycles. The van der Waals surface area contributed by atoms with E-state index in [9.17, 15) is 4.79 Å². The van der Waals surface area contributed by atoms with E-state index < -0.39 is 0 Å². The lowest BCUT2D eigenvalue weighted by molar-refractivity contribution is -0.133. The highest BCUT2D eigenvalue weighted by molar-refractivity contribution is 9.10. The largest absolute Gasteiger partial charge is 0.335 e. The molecule has 4 heteroatoms. The van der Waals surface area contributed by atoms with Crippen LogP contribution in [0.5, 0.6) is 0 Å². The average Bonchev–Trinajstić information content (AvgIpc) is 3.23. The number of nitrogens with zero attached hydrogens (tertiary/aromatic N) is 2. The number of likely N-dealkylation sites (tertiary alicyclic amines) is 1. The second-order valence-electron chi connectivity index (χ2n) is 6.47. The fourth-order valence-electron chi connectivity index (χ4n) is 3.75. The Morgan fingerprint density at radius 1 is 1.17 bits per heavy atom. The fourth-order valence-corrected chi connectivity index (χ4v) is 4.17. The number of carbonyl (C=O) groups is 1. The van der Waals surface area contributed by atoms with E-state index in [0.29, 0.717) is 11.8 Å². The maximum absolute atomic E-state index is 13.0. The van der Waals surface area contributed by atoms with Crippen molar-refractivity contribution in [3.05, 3.63) is 64.4 Å². The summed E-state index contributed by atoms with van der Waals surface area (Å²) >= 11 is 3.52. The lowest BCUT2D eigenvalue weighted by Gasteiger charge is -2.25. The molecule has 0 bridgehead atoms. The smallest absolute Gasteiger partial charge is 0.226 e. The molecule has 3 nitrogen and oxygen atoms in total. The standard InChI is InChI=1S/C19H19BrN2O/c20-15-4-1-3-14(11-15)16-12-17(16)19(23)22-10-2-5-18(22)13-6-8-21-9-7-13/h1,3-4,6-9,11,16-18H,2,5,10,12H2/t16-,17-,18-/m1/s1. The van der Waals surface area contributed by atoms with E-state index in [1.165, 1.54) is 11.1 Å². The lowest BCUT2D eigenvalue weighted by Crippen LogP contribution is -2.32. The minimum Gasteiger partial charge on any atom is -0.335 e. The highest BCUT2D eigenvalue weighted by atomic mass is 79.9. The molecule has 0 spiro atoms. The summed E-state index contributed by atoms with van der Waals surface area (Å²) in [5.41, 5.74) is 2.49. The van der Waals surface area contributed by atoms with E-state index in [-0.39, 0.29) is 12.0 Å². The van der Waals surface area contributed by atoms with Crippen molar-refractivity contribution in [2.75, 3.05) is 6.54 Å². The first-order chi connectivity index (χ1) is 11.2. The lowest BCUT2D eigenvalue weighted by atomic mass is 10.1. The van der Waals surface area contributed by atoms with E-state index in [0.717, 1.165) is 30.3 Å². The summed E-state index contributed by atoms with van der Waals surface area (Å²) < 4.78 is 1.09. The molecule has 2 aliphatic rings. The van der Waals surface area contributed by atoms with Crippen LogP contribution < -0.4 is 0 Å². The van der Waals surface area contributed by atoms with Gasteiger partial charge in [0.2, 0.25) is 5.91 Å². The molecule has 2 aromatic rings. The zero-order valence-corrected chi connectivity index (χ0v) is 14.4. The van der Waals surface area contributed by atoms with E-state index in [1.54, 1.807) is 0 Å². The molecule has 4 rings (SSSR count). The molecule has 0 radical (unpaired) electrons. The summed E-state index contributed by atoms with van der Waals surface area (Å²) in [6.07, 6.45) is 6.77. The molecule has 1 aromatic carbocycles. The summed E-state index contributed by atoms with van der Waals surface area (Å²) in [6.45, 7) is 0.882. The fraction of sp³-hybridized carbons (Fsp3) is 0.368. The Morgan fingerprint density at radius 3 is 2.78 bits per heavy atom. The number of halogens is 1. The summed E-state index contributed by atoms with van der Waals surface area (Å²) in [6, 6.07) is 12.7. The second-order valence-corrected chi connectivity index (χ2v) is 7.39. The normalized spacial score (nSPS) is 26.3. The Labute approximate surface area is 144 Å². The van der Waals surface area contributed by atoms with Gasteiger partial charge < -0.3 is 4.90 Å². The quantitative estimate of drug-likeness (QED) is 0.806. The molecule has 1 amide bonds. The summed E-state index contributed by atoms with van der Waals surface area (Å²) in [7, 11) is 0. The minimum absolute atomic E-state index is 0.159. The van der Waals surface area contributed by atoms with Crippen LogP contribution in [0.4, 0.5) is 0 Å². The molecule has 2 fully saturated rings. The number of amides is 1. The number of aromatic nitrogens is 1. The van der Waals surface area contributed by atoms with E-state index in [2.05, 4.69) is 44.0 Å². The predicted octanol–water partition coefficient (Wildman–Crippen LogP) is 4.31. The van der Waals surface area contributed by atoms with Crippen molar-refractivity contribution in [2.24, 2.45) is 5.92 Å². The van der Waals surface area contributed by atoms with Crippen LogP contribution in [0.2, 0.25) is 0 Å². The van der Waals surface area contributed by atoms with Crippen molar-refractivity contribution in [2.45, 2.75) is 31.2 Å². The monoisotopic (exact) mass is 370 g/mol. The van der Waals surface area contributed by atoms with Crippen molar-refractivity contribution < 1.29 is 4.79 Å². The van der Waals surface area contributed by atoms with Gasteiger partial charge in [-0.1, -0.05) is 28.1 Å². The van der Waals surface area contributed by atoms with Crippen molar-refractivity contribution in [3.8, 4) is 0 Å². The highest BCUT2D eigenvalue weighted by Gasteiger charge is 2.47. The van der Waals surface area contributed by atoms with Crippen LogP contribution >= 0.6 is 15.9 Å². The maximum atomic E-state index is 13.0. The van der Waals surface area contributed by atoms with Crippen LogP contribution in [0.1, 0.15) is 42.3 Å². The third kappa shape index (κ3) is 2.92. The Morgan fingerprint density at radius 2 is 2.00 bits per heavy atom. The SMILES string of the molecule is O=C([C@@H]1C[C@@H]1c1cccc(Br)c1)N1CCC[C@@H]1c1ccncc1. The number of carbonyl (C=O) groups excluding carboxylic acids is 1. The van der Waals surface area contributed by atoms with Gasteiger partial charge in [0.25, 0.3) is 0 Å². The topological polar surface area (TPSA) is 33.2 Å². The third-order valence-electron chi connectivity index (χ3n) is 5.01. The first-order valence-electron chi connectivity index (χ1n) is 8.20. The van der Waals surface area contributed by atoms with Gasteiger partial charge in [0.15, 0.2) is 0 Å². The van der Waals surface area contributed by atoms with E-state index in [4.69, 9.17) is 0 Å². The number of benzene rings is 1. The third-order valence-corrected chi connectivity index (χ3v) is 5.50. The van der Waals surface area contributed by atoms with Gasteiger partial charge in [0.1, 0.15) is 0 Å². The Kier molecular flexibility index (Phi) is 3.93. The molecular weight excluding hydrogens is 352 g/mol. The molecule has 0 unspecified atom stereocenters. The van der Waals surface area contributed by atoms with Crippen molar-refractivity contribution in [3.63, 3.8) is 0 Å². The summed E-state index contributed by atoms with van der Waals surface area (Å²) in [5.74, 6) is 0.875. The molecule has 1 aliphatic heterocycles. The number of rotatable bonds is 3. The van der Waals surface area contributed by atoms with Gasteiger partial charge in [-0.25, -0.2) is 0 Å².